The molecule has 0 aliphatic rings. The summed E-state index contributed by atoms with van der Waals surface area (Å²) >= 11 is 1.47. The first kappa shape index (κ1) is 10.1. The van der Waals surface area contributed by atoms with E-state index in [9.17, 15) is 4.79 Å². The van der Waals surface area contributed by atoms with Crippen LogP contribution in [-0.2, 0) is 0 Å². The van der Waals surface area contributed by atoms with Crippen LogP contribution in [0.4, 0.5) is 5.95 Å². The molecule has 6 heteroatoms. The molecule has 2 heterocycles. The molecular formula is C9H12N4OS. The van der Waals surface area contributed by atoms with E-state index < -0.39 is 0 Å². The van der Waals surface area contributed by atoms with E-state index in [4.69, 9.17) is 5.73 Å². The number of nitrogens with one attached hydrogen (secondary N) is 2. The fourth-order valence-corrected chi connectivity index (χ4v) is 2.00. The number of hydrogen-bond donors (Lipinski definition) is 3. The zero-order valence-corrected chi connectivity index (χ0v) is 8.93. The highest BCUT2D eigenvalue weighted by Gasteiger charge is 2.03. The minimum absolute atomic E-state index is 0.100. The molecule has 0 amide bonds. The summed E-state index contributed by atoms with van der Waals surface area (Å²) in [4.78, 5) is 18.5. The molecule has 0 spiro atoms. The highest BCUT2D eigenvalue weighted by molar-refractivity contribution is 7.09. The van der Waals surface area contributed by atoms with Crippen LogP contribution >= 0.6 is 11.3 Å². The molecule has 80 valence electrons. The smallest absolute Gasteiger partial charge is 0.261 e. The molecular weight excluding hydrogens is 212 g/mol. The molecule has 0 saturated heterocycles. The van der Waals surface area contributed by atoms with Gasteiger partial charge in [0.2, 0.25) is 5.95 Å². The van der Waals surface area contributed by atoms with Crippen LogP contribution in [0, 0.1) is 0 Å². The molecule has 0 unspecified atom stereocenters. The van der Waals surface area contributed by atoms with Crippen LogP contribution < -0.4 is 16.6 Å². The number of aromatic amines is 1. The number of nitrogens with zero attached hydrogens (tertiary/aromatic N) is 1. The Balaban J connectivity index is 2.25. The van der Waals surface area contributed by atoms with Crippen molar-refractivity contribution in [2.45, 2.75) is 6.42 Å². The van der Waals surface area contributed by atoms with Crippen molar-refractivity contribution in [3.05, 3.63) is 21.1 Å². The van der Waals surface area contributed by atoms with Crippen LogP contribution in [0.1, 0.15) is 6.42 Å². The van der Waals surface area contributed by atoms with E-state index >= 15 is 0 Å². The van der Waals surface area contributed by atoms with E-state index in [1.807, 2.05) is 5.38 Å². The first-order valence-corrected chi connectivity index (χ1v) is 5.65. The zero-order chi connectivity index (χ0) is 10.7. The third-order valence-corrected chi connectivity index (χ3v) is 2.75. The Labute approximate surface area is 90.3 Å². The molecule has 4 N–H and O–H groups in total. The van der Waals surface area contributed by atoms with Gasteiger partial charge in [-0.3, -0.25) is 9.78 Å². The Hall–Kier alpha value is -1.40. The van der Waals surface area contributed by atoms with E-state index in [0.29, 0.717) is 17.9 Å². The van der Waals surface area contributed by atoms with Crippen molar-refractivity contribution in [2.24, 2.45) is 5.73 Å². The molecule has 0 aliphatic carbocycles. The van der Waals surface area contributed by atoms with E-state index in [0.717, 1.165) is 18.5 Å². The number of nitrogens with two attached hydrogens (primary N) is 1. The Kier molecular flexibility index (Phi) is 2.98. The lowest BCUT2D eigenvalue weighted by atomic mass is 10.4. The molecule has 0 aliphatic heterocycles. The fourth-order valence-electron chi connectivity index (χ4n) is 1.26. The highest BCUT2D eigenvalue weighted by Crippen LogP contribution is 2.13. The molecule has 2 rings (SSSR count). The summed E-state index contributed by atoms with van der Waals surface area (Å²) in [5.74, 6) is 0.513. The predicted molar refractivity (Wildman–Crippen MR) is 62.4 cm³/mol. The topological polar surface area (TPSA) is 83.8 Å². The number of H-pyrrole nitrogens is 1. The van der Waals surface area contributed by atoms with Gasteiger partial charge in [0.25, 0.3) is 5.56 Å². The van der Waals surface area contributed by atoms with Crippen LogP contribution in [-0.4, -0.2) is 23.1 Å². The third kappa shape index (κ3) is 2.16. The van der Waals surface area contributed by atoms with E-state index in [2.05, 4.69) is 15.3 Å². The summed E-state index contributed by atoms with van der Waals surface area (Å²) < 4.78 is 0. The molecule has 0 bridgehead atoms. The number of anilines is 1. The Bertz CT molecular complexity index is 504. The monoisotopic (exact) mass is 224 g/mol. The van der Waals surface area contributed by atoms with Crippen LogP contribution in [0.2, 0.25) is 0 Å². The summed E-state index contributed by atoms with van der Waals surface area (Å²) in [6, 6.07) is 0. The molecule has 0 radical (unpaired) electrons. The van der Waals surface area contributed by atoms with Crippen molar-refractivity contribution in [1.82, 2.24) is 9.97 Å². The van der Waals surface area contributed by atoms with Gasteiger partial charge < -0.3 is 11.1 Å². The van der Waals surface area contributed by atoms with Gasteiger partial charge in [0.15, 0.2) is 0 Å². The average molecular weight is 224 g/mol. The average Bonchev–Trinajstić information content (AvgIpc) is 2.66. The van der Waals surface area contributed by atoms with E-state index in [-0.39, 0.29) is 5.56 Å². The molecule has 2 aromatic rings. The molecule has 5 nitrogen and oxygen atoms in total. The second kappa shape index (κ2) is 4.41. The summed E-state index contributed by atoms with van der Waals surface area (Å²) in [6.07, 6.45) is 0.853. The van der Waals surface area contributed by atoms with Gasteiger partial charge in [-0.15, -0.1) is 11.3 Å². The standard InChI is InChI=1S/C9H12N4OS/c10-2-1-3-11-9-12-7-5-15-4-6(7)8(14)13-9/h4-5H,1-3,10H2,(H2,11,12,13,14). The van der Waals surface area contributed by atoms with Gasteiger partial charge in [0, 0.05) is 17.3 Å². The van der Waals surface area contributed by atoms with Crippen molar-refractivity contribution in [3.8, 4) is 0 Å². The molecule has 0 fully saturated rings. The largest absolute Gasteiger partial charge is 0.356 e. The van der Waals surface area contributed by atoms with Crippen molar-refractivity contribution < 1.29 is 0 Å². The molecule has 2 aromatic heterocycles. The van der Waals surface area contributed by atoms with Gasteiger partial charge >= 0.3 is 0 Å². The quantitative estimate of drug-likeness (QED) is 0.669. The Morgan fingerprint density at radius 3 is 3.20 bits per heavy atom. The zero-order valence-electron chi connectivity index (χ0n) is 8.12. The number of thiophene rings is 1. The van der Waals surface area contributed by atoms with Gasteiger partial charge in [-0.05, 0) is 13.0 Å². The number of hydrogen-bond acceptors (Lipinski definition) is 5. The van der Waals surface area contributed by atoms with Gasteiger partial charge in [-0.25, -0.2) is 4.98 Å². The Morgan fingerprint density at radius 2 is 2.40 bits per heavy atom. The lowest BCUT2D eigenvalue weighted by Gasteiger charge is -2.03. The number of fused-ring (bicyclic) bond motifs is 1. The summed E-state index contributed by atoms with van der Waals surface area (Å²) in [5, 5.41) is 7.33. The second-order valence-corrected chi connectivity index (χ2v) is 3.90. The molecule has 15 heavy (non-hydrogen) atoms. The second-order valence-electron chi connectivity index (χ2n) is 3.15. The lowest BCUT2D eigenvalue weighted by molar-refractivity contribution is 0.864. The van der Waals surface area contributed by atoms with Crippen molar-refractivity contribution >= 4 is 28.2 Å². The summed E-state index contributed by atoms with van der Waals surface area (Å²) in [7, 11) is 0. The van der Waals surface area contributed by atoms with Crippen LogP contribution in [0.5, 0.6) is 0 Å². The van der Waals surface area contributed by atoms with Crippen LogP contribution in [0.15, 0.2) is 15.6 Å². The predicted octanol–water partition coefficient (Wildman–Crippen LogP) is 0.745. The van der Waals surface area contributed by atoms with Crippen LogP contribution in [0.3, 0.4) is 0 Å². The molecule has 0 saturated carbocycles. The van der Waals surface area contributed by atoms with Crippen molar-refractivity contribution in [3.63, 3.8) is 0 Å². The lowest BCUT2D eigenvalue weighted by Crippen LogP contribution is -2.15. The van der Waals surface area contributed by atoms with E-state index in [1.54, 1.807) is 5.38 Å². The number of aromatic nitrogens is 2. The van der Waals surface area contributed by atoms with Gasteiger partial charge in [-0.2, -0.15) is 0 Å². The van der Waals surface area contributed by atoms with Crippen molar-refractivity contribution in [2.75, 3.05) is 18.4 Å². The summed E-state index contributed by atoms with van der Waals surface area (Å²) in [6.45, 7) is 1.34. The first-order valence-electron chi connectivity index (χ1n) is 4.71. The van der Waals surface area contributed by atoms with Crippen molar-refractivity contribution in [1.29, 1.82) is 0 Å². The number of rotatable bonds is 4. The summed E-state index contributed by atoms with van der Waals surface area (Å²) in [5.41, 5.74) is 6.00. The highest BCUT2D eigenvalue weighted by atomic mass is 32.1. The van der Waals surface area contributed by atoms with Gasteiger partial charge in [0.1, 0.15) is 0 Å². The third-order valence-electron chi connectivity index (χ3n) is 2.02. The van der Waals surface area contributed by atoms with Gasteiger partial charge in [0.05, 0.1) is 10.9 Å². The normalized spacial score (nSPS) is 10.7. The maximum absolute atomic E-state index is 11.5. The van der Waals surface area contributed by atoms with Gasteiger partial charge in [-0.1, -0.05) is 0 Å². The minimum Gasteiger partial charge on any atom is -0.356 e. The maximum atomic E-state index is 11.5. The minimum atomic E-state index is -0.100. The molecule has 0 aromatic carbocycles. The van der Waals surface area contributed by atoms with E-state index in [1.165, 1.54) is 11.3 Å². The Morgan fingerprint density at radius 1 is 1.53 bits per heavy atom. The molecule has 0 atom stereocenters. The maximum Gasteiger partial charge on any atom is 0.261 e. The first-order chi connectivity index (χ1) is 7.31. The van der Waals surface area contributed by atoms with Crippen LogP contribution in [0.25, 0.3) is 10.9 Å². The SMILES string of the molecule is NCCCNc1nc2cscc2c(=O)[nH]1. The fraction of sp³-hybridized carbons (Fsp3) is 0.333.